The van der Waals surface area contributed by atoms with Crippen LogP contribution < -0.4 is 5.73 Å². The molecule has 4 heteroatoms. The van der Waals surface area contributed by atoms with E-state index in [0.29, 0.717) is 25.4 Å². The molecular weight excluding hydrogens is 182 g/mol. The molecule has 0 aromatic heterocycles. The van der Waals surface area contributed by atoms with Crippen molar-refractivity contribution in [3.8, 4) is 0 Å². The van der Waals surface area contributed by atoms with Crippen LogP contribution >= 0.6 is 0 Å². The van der Waals surface area contributed by atoms with Crippen molar-refractivity contribution in [2.45, 2.75) is 45.1 Å². The van der Waals surface area contributed by atoms with E-state index in [4.69, 9.17) is 10.5 Å². The normalized spacial score (nSPS) is 40.7. The summed E-state index contributed by atoms with van der Waals surface area (Å²) in [5.74, 6) is 0.455. The lowest BCUT2D eigenvalue weighted by atomic mass is 9.83. The van der Waals surface area contributed by atoms with E-state index in [0.717, 1.165) is 0 Å². The van der Waals surface area contributed by atoms with Crippen LogP contribution in [-0.2, 0) is 4.74 Å². The summed E-state index contributed by atoms with van der Waals surface area (Å²) in [5.41, 5.74) is 5.87. The molecule has 0 radical (unpaired) electrons. The van der Waals surface area contributed by atoms with E-state index in [1.165, 1.54) is 0 Å². The van der Waals surface area contributed by atoms with Crippen molar-refractivity contribution < 1.29 is 14.9 Å². The number of rotatable bonds is 1. The van der Waals surface area contributed by atoms with E-state index in [9.17, 15) is 10.2 Å². The van der Waals surface area contributed by atoms with Crippen LogP contribution in [0.3, 0.4) is 0 Å². The minimum absolute atomic E-state index is 0.111. The molecular formula is C10H21NO3. The summed E-state index contributed by atoms with van der Waals surface area (Å²) in [5, 5.41) is 19.2. The maximum atomic E-state index is 9.62. The van der Waals surface area contributed by atoms with Gasteiger partial charge < -0.3 is 20.7 Å². The van der Waals surface area contributed by atoms with Gasteiger partial charge in [-0.25, -0.2) is 0 Å². The monoisotopic (exact) mass is 203 g/mol. The van der Waals surface area contributed by atoms with Crippen molar-refractivity contribution in [2.75, 3.05) is 6.61 Å². The highest BCUT2D eigenvalue weighted by Gasteiger charge is 2.31. The number of nitrogens with two attached hydrogens (primary N) is 1. The standard InChI is InChI=1S/C10H21NO3/c1-6(2)8-5-7(12)3-4-14-10(13)9(8)11/h6-10,12-13H,3-5,11H2,1-2H3. The number of hydrogen-bond donors (Lipinski definition) is 3. The molecule has 0 saturated carbocycles. The zero-order valence-corrected chi connectivity index (χ0v) is 8.89. The van der Waals surface area contributed by atoms with Crippen molar-refractivity contribution >= 4 is 0 Å². The Labute approximate surface area is 85.1 Å². The fourth-order valence-corrected chi connectivity index (χ4v) is 1.95. The molecule has 84 valence electrons. The van der Waals surface area contributed by atoms with Gasteiger partial charge in [0.15, 0.2) is 6.29 Å². The number of hydrogen-bond acceptors (Lipinski definition) is 4. The summed E-state index contributed by atoms with van der Waals surface area (Å²) < 4.78 is 5.12. The summed E-state index contributed by atoms with van der Waals surface area (Å²) in [4.78, 5) is 0. The minimum atomic E-state index is -0.894. The van der Waals surface area contributed by atoms with Crippen LogP contribution in [0.25, 0.3) is 0 Å². The van der Waals surface area contributed by atoms with Crippen LogP contribution in [0.4, 0.5) is 0 Å². The zero-order chi connectivity index (χ0) is 10.7. The van der Waals surface area contributed by atoms with Crippen LogP contribution in [-0.4, -0.2) is 35.3 Å². The molecule has 1 saturated heterocycles. The first-order valence-corrected chi connectivity index (χ1v) is 5.25. The number of ether oxygens (including phenoxy) is 1. The van der Waals surface area contributed by atoms with Crippen LogP contribution in [0.5, 0.6) is 0 Å². The molecule has 4 unspecified atom stereocenters. The highest BCUT2D eigenvalue weighted by Crippen LogP contribution is 2.25. The van der Waals surface area contributed by atoms with Gasteiger partial charge in [0.05, 0.1) is 18.8 Å². The lowest BCUT2D eigenvalue weighted by molar-refractivity contribution is -0.143. The second-order valence-electron chi connectivity index (χ2n) is 4.42. The van der Waals surface area contributed by atoms with Gasteiger partial charge in [0.1, 0.15) is 0 Å². The Hall–Kier alpha value is -0.160. The fourth-order valence-electron chi connectivity index (χ4n) is 1.95. The number of aliphatic hydroxyl groups excluding tert-OH is 2. The molecule has 0 amide bonds. The Morgan fingerprint density at radius 2 is 2.00 bits per heavy atom. The predicted molar refractivity (Wildman–Crippen MR) is 53.5 cm³/mol. The predicted octanol–water partition coefficient (Wildman–Crippen LogP) is 0.0756. The molecule has 0 aromatic rings. The Balaban J connectivity index is 2.65. The molecule has 1 aliphatic rings. The fraction of sp³-hybridized carbons (Fsp3) is 1.00. The molecule has 0 aromatic carbocycles. The lowest BCUT2D eigenvalue weighted by Gasteiger charge is -2.34. The highest BCUT2D eigenvalue weighted by atomic mass is 16.6. The molecule has 14 heavy (non-hydrogen) atoms. The molecule has 4 atom stereocenters. The van der Waals surface area contributed by atoms with Crippen molar-refractivity contribution in [3.05, 3.63) is 0 Å². The van der Waals surface area contributed by atoms with Gasteiger partial charge >= 0.3 is 0 Å². The Morgan fingerprint density at radius 1 is 1.36 bits per heavy atom. The lowest BCUT2D eigenvalue weighted by Crippen LogP contribution is -2.47. The molecule has 1 aliphatic heterocycles. The van der Waals surface area contributed by atoms with E-state index in [2.05, 4.69) is 0 Å². The van der Waals surface area contributed by atoms with Crippen molar-refractivity contribution in [1.82, 2.24) is 0 Å². The second-order valence-corrected chi connectivity index (χ2v) is 4.42. The number of aliphatic hydroxyl groups is 2. The summed E-state index contributed by atoms with van der Waals surface area (Å²) in [6, 6.07) is -0.398. The second kappa shape index (κ2) is 5.07. The summed E-state index contributed by atoms with van der Waals surface area (Å²) in [6.45, 7) is 4.47. The first-order chi connectivity index (χ1) is 6.52. The summed E-state index contributed by atoms with van der Waals surface area (Å²) in [6.07, 6.45) is -0.0254. The van der Waals surface area contributed by atoms with Crippen LogP contribution in [0.1, 0.15) is 26.7 Å². The topological polar surface area (TPSA) is 75.7 Å². The summed E-state index contributed by atoms with van der Waals surface area (Å²) in [7, 11) is 0. The van der Waals surface area contributed by atoms with Gasteiger partial charge in [-0.1, -0.05) is 13.8 Å². The Kier molecular flexibility index (Phi) is 4.31. The third-order valence-corrected chi connectivity index (χ3v) is 2.96. The van der Waals surface area contributed by atoms with E-state index in [1.807, 2.05) is 13.8 Å². The van der Waals surface area contributed by atoms with Gasteiger partial charge in [-0.2, -0.15) is 0 Å². The van der Waals surface area contributed by atoms with Gasteiger partial charge in [0, 0.05) is 0 Å². The first-order valence-electron chi connectivity index (χ1n) is 5.25. The van der Waals surface area contributed by atoms with E-state index >= 15 is 0 Å². The average Bonchev–Trinajstić information content (AvgIpc) is 2.10. The van der Waals surface area contributed by atoms with Crippen LogP contribution in [0.2, 0.25) is 0 Å². The molecule has 0 bridgehead atoms. The third kappa shape index (κ3) is 2.92. The Morgan fingerprint density at radius 3 is 2.57 bits per heavy atom. The van der Waals surface area contributed by atoms with E-state index in [-0.39, 0.29) is 12.0 Å². The van der Waals surface area contributed by atoms with Gasteiger partial charge in [-0.15, -0.1) is 0 Å². The average molecular weight is 203 g/mol. The molecule has 0 spiro atoms. The van der Waals surface area contributed by atoms with Crippen molar-refractivity contribution in [3.63, 3.8) is 0 Å². The van der Waals surface area contributed by atoms with Crippen LogP contribution in [0.15, 0.2) is 0 Å². The molecule has 4 nitrogen and oxygen atoms in total. The molecule has 1 heterocycles. The quantitative estimate of drug-likeness (QED) is 0.564. The van der Waals surface area contributed by atoms with Gasteiger partial charge in [0.2, 0.25) is 0 Å². The maximum absolute atomic E-state index is 9.62. The highest BCUT2D eigenvalue weighted by molar-refractivity contribution is 4.82. The van der Waals surface area contributed by atoms with Gasteiger partial charge in [-0.3, -0.25) is 0 Å². The minimum Gasteiger partial charge on any atom is -0.393 e. The smallest absolute Gasteiger partial charge is 0.169 e. The summed E-state index contributed by atoms with van der Waals surface area (Å²) >= 11 is 0. The first kappa shape index (κ1) is 11.9. The molecule has 1 rings (SSSR count). The molecule has 0 aliphatic carbocycles. The van der Waals surface area contributed by atoms with E-state index < -0.39 is 12.3 Å². The Bertz CT molecular complexity index is 175. The SMILES string of the molecule is CC(C)C1CC(O)CCOC(O)C1N. The zero-order valence-electron chi connectivity index (χ0n) is 8.89. The van der Waals surface area contributed by atoms with Crippen molar-refractivity contribution in [2.24, 2.45) is 17.6 Å². The maximum Gasteiger partial charge on any atom is 0.169 e. The molecule has 1 fully saturated rings. The van der Waals surface area contributed by atoms with E-state index in [1.54, 1.807) is 0 Å². The molecule has 4 N–H and O–H groups in total. The van der Waals surface area contributed by atoms with Crippen molar-refractivity contribution in [1.29, 1.82) is 0 Å². The third-order valence-electron chi connectivity index (χ3n) is 2.96. The van der Waals surface area contributed by atoms with Gasteiger partial charge in [0.25, 0.3) is 0 Å². The van der Waals surface area contributed by atoms with Gasteiger partial charge in [-0.05, 0) is 24.7 Å². The van der Waals surface area contributed by atoms with Crippen LogP contribution in [0, 0.1) is 11.8 Å². The largest absolute Gasteiger partial charge is 0.393 e.